The summed E-state index contributed by atoms with van der Waals surface area (Å²) in [6, 6.07) is 12.4. The number of fused-ring (bicyclic) bond motifs is 1. The molecule has 0 bridgehead atoms. The molecule has 2 N–H and O–H groups in total. The number of rotatable bonds is 6. The molecule has 2 heterocycles. The Bertz CT molecular complexity index is 745. The van der Waals surface area contributed by atoms with Gasteiger partial charge in [0, 0.05) is 28.4 Å². The molecule has 2 aromatic heterocycles. The SMILES string of the molecule is CCC(NC(=O)CCc1c[nH]c2ccccc12)c1cccs1. The Labute approximate surface area is 134 Å². The Kier molecular flexibility index (Phi) is 4.59. The van der Waals surface area contributed by atoms with Crippen molar-refractivity contribution in [1.29, 1.82) is 0 Å². The number of amides is 1. The quantitative estimate of drug-likeness (QED) is 0.695. The molecule has 0 fully saturated rings. The third-order valence-electron chi connectivity index (χ3n) is 3.93. The molecule has 0 saturated heterocycles. The molecule has 3 nitrogen and oxygen atoms in total. The van der Waals surface area contributed by atoms with Gasteiger partial charge in [0.1, 0.15) is 0 Å². The van der Waals surface area contributed by atoms with Crippen LogP contribution in [0.5, 0.6) is 0 Å². The largest absolute Gasteiger partial charge is 0.361 e. The summed E-state index contributed by atoms with van der Waals surface area (Å²) in [4.78, 5) is 16.7. The molecular formula is C18H20N2OS. The number of para-hydroxylation sites is 1. The molecule has 4 heteroatoms. The van der Waals surface area contributed by atoms with Crippen LogP contribution in [0.2, 0.25) is 0 Å². The van der Waals surface area contributed by atoms with Gasteiger partial charge >= 0.3 is 0 Å². The van der Waals surface area contributed by atoms with Gasteiger partial charge < -0.3 is 10.3 Å². The first kappa shape index (κ1) is 14.9. The van der Waals surface area contributed by atoms with Gasteiger partial charge in [0.15, 0.2) is 0 Å². The van der Waals surface area contributed by atoms with E-state index in [9.17, 15) is 4.79 Å². The molecule has 1 aromatic carbocycles. The summed E-state index contributed by atoms with van der Waals surface area (Å²) in [6.45, 7) is 2.10. The van der Waals surface area contributed by atoms with Gasteiger partial charge in [-0.2, -0.15) is 0 Å². The molecule has 0 spiro atoms. The fourth-order valence-electron chi connectivity index (χ4n) is 2.72. The molecular weight excluding hydrogens is 292 g/mol. The van der Waals surface area contributed by atoms with Crippen LogP contribution >= 0.6 is 11.3 Å². The van der Waals surface area contributed by atoms with Crippen LogP contribution < -0.4 is 5.32 Å². The first-order valence-electron chi connectivity index (χ1n) is 7.65. The van der Waals surface area contributed by atoms with Crippen LogP contribution in [0.4, 0.5) is 0 Å². The molecule has 0 aliphatic heterocycles. The summed E-state index contributed by atoms with van der Waals surface area (Å²) in [5, 5.41) is 6.40. The molecule has 22 heavy (non-hydrogen) atoms. The molecule has 3 rings (SSSR count). The second-order valence-electron chi connectivity index (χ2n) is 5.40. The highest BCUT2D eigenvalue weighted by Gasteiger charge is 2.14. The van der Waals surface area contributed by atoms with E-state index in [0.29, 0.717) is 6.42 Å². The second-order valence-corrected chi connectivity index (χ2v) is 6.38. The maximum Gasteiger partial charge on any atom is 0.220 e. The van der Waals surface area contributed by atoms with Crippen LogP contribution in [0.1, 0.15) is 36.2 Å². The minimum absolute atomic E-state index is 0.116. The first-order valence-corrected chi connectivity index (χ1v) is 8.53. The molecule has 0 aliphatic carbocycles. The fraction of sp³-hybridized carbons (Fsp3) is 0.278. The molecule has 0 radical (unpaired) electrons. The molecule has 1 unspecified atom stereocenters. The standard InChI is InChI=1S/C18H20N2OS/c1-2-15(17-8-5-11-22-17)20-18(21)10-9-13-12-19-16-7-4-3-6-14(13)16/h3-8,11-12,15,19H,2,9-10H2,1H3,(H,20,21). The van der Waals surface area contributed by atoms with Crippen LogP contribution in [-0.4, -0.2) is 10.9 Å². The average molecular weight is 312 g/mol. The lowest BCUT2D eigenvalue weighted by Gasteiger charge is -2.15. The zero-order chi connectivity index (χ0) is 15.4. The number of benzene rings is 1. The van der Waals surface area contributed by atoms with Crippen LogP contribution in [0, 0.1) is 0 Å². The van der Waals surface area contributed by atoms with Gasteiger partial charge in [0.2, 0.25) is 5.91 Å². The number of aryl methyl sites for hydroxylation is 1. The van der Waals surface area contributed by atoms with Crippen molar-refractivity contribution in [3.63, 3.8) is 0 Å². The summed E-state index contributed by atoms with van der Waals surface area (Å²) >= 11 is 1.70. The summed E-state index contributed by atoms with van der Waals surface area (Å²) < 4.78 is 0. The Morgan fingerprint density at radius 2 is 2.14 bits per heavy atom. The summed E-state index contributed by atoms with van der Waals surface area (Å²) in [6.07, 6.45) is 4.20. The third kappa shape index (κ3) is 3.22. The lowest BCUT2D eigenvalue weighted by atomic mass is 10.1. The van der Waals surface area contributed by atoms with Crippen LogP contribution in [0.3, 0.4) is 0 Å². The van der Waals surface area contributed by atoms with E-state index in [1.807, 2.05) is 24.4 Å². The topological polar surface area (TPSA) is 44.9 Å². The number of hydrogen-bond donors (Lipinski definition) is 2. The number of carbonyl (C=O) groups is 1. The molecule has 0 saturated carbocycles. The highest BCUT2D eigenvalue weighted by atomic mass is 32.1. The molecule has 0 aliphatic rings. The fourth-order valence-corrected chi connectivity index (χ4v) is 3.58. The first-order chi connectivity index (χ1) is 10.8. The third-order valence-corrected chi connectivity index (χ3v) is 4.91. The molecule has 3 aromatic rings. The van der Waals surface area contributed by atoms with E-state index in [-0.39, 0.29) is 11.9 Å². The lowest BCUT2D eigenvalue weighted by molar-refractivity contribution is -0.121. The predicted molar refractivity (Wildman–Crippen MR) is 92.1 cm³/mol. The normalized spacial score (nSPS) is 12.4. The Morgan fingerprint density at radius 3 is 2.91 bits per heavy atom. The van der Waals surface area contributed by atoms with Crippen molar-refractivity contribution in [3.05, 3.63) is 58.4 Å². The van der Waals surface area contributed by atoms with Crippen molar-refractivity contribution >= 4 is 28.1 Å². The zero-order valence-corrected chi connectivity index (χ0v) is 13.5. The van der Waals surface area contributed by atoms with Gasteiger partial charge in [0.25, 0.3) is 0 Å². The summed E-state index contributed by atoms with van der Waals surface area (Å²) in [5.74, 6) is 0.116. The van der Waals surface area contributed by atoms with Crippen LogP contribution in [-0.2, 0) is 11.2 Å². The smallest absolute Gasteiger partial charge is 0.220 e. The van der Waals surface area contributed by atoms with Gasteiger partial charge in [-0.1, -0.05) is 31.2 Å². The summed E-state index contributed by atoms with van der Waals surface area (Å²) in [5.41, 5.74) is 2.33. The lowest BCUT2D eigenvalue weighted by Crippen LogP contribution is -2.27. The van der Waals surface area contributed by atoms with E-state index >= 15 is 0 Å². The highest BCUT2D eigenvalue weighted by Crippen LogP contribution is 2.22. The van der Waals surface area contributed by atoms with E-state index in [4.69, 9.17) is 0 Å². The number of nitrogens with one attached hydrogen (secondary N) is 2. The Balaban J connectivity index is 1.60. The zero-order valence-electron chi connectivity index (χ0n) is 12.6. The predicted octanol–water partition coefficient (Wildman–Crippen LogP) is 4.43. The van der Waals surface area contributed by atoms with Gasteiger partial charge in [0.05, 0.1) is 6.04 Å². The number of carbonyl (C=O) groups excluding carboxylic acids is 1. The van der Waals surface area contributed by atoms with E-state index in [2.05, 4.69) is 40.8 Å². The van der Waals surface area contributed by atoms with Crippen molar-refractivity contribution in [2.75, 3.05) is 0 Å². The summed E-state index contributed by atoms with van der Waals surface area (Å²) in [7, 11) is 0. The van der Waals surface area contributed by atoms with Gasteiger partial charge in [-0.05, 0) is 35.9 Å². The number of H-pyrrole nitrogens is 1. The van der Waals surface area contributed by atoms with Gasteiger partial charge in [-0.15, -0.1) is 11.3 Å². The van der Waals surface area contributed by atoms with Crippen LogP contribution in [0.15, 0.2) is 48.0 Å². The monoisotopic (exact) mass is 312 g/mol. The van der Waals surface area contributed by atoms with E-state index in [0.717, 1.165) is 18.4 Å². The van der Waals surface area contributed by atoms with E-state index in [1.165, 1.54) is 15.8 Å². The molecule has 1 amide bonds. The minimum Gasteiger partial charge on any atom is -0.361 e. The Morgan fingerprint density at radius 1 is 1.27 bits per heavy atom. The number of thiophene rings is 1. The highest BCUT2D eigenvalue weighted by molar-refractivity contribution is 7.10. The van der Waals surface area contributed by atoms with Gasteiger partial charge in [-0.3, -0.25) is 4.79 Å². The maximum atomic E-state index is 12.2. The van der Waals surface area contributed by atoms with E-state index < -0.39 is 0 Å². The average Bonchev–Trinajstić information content (AvgIpc) is 3.20. The number of aromatic amines is 1. The van der Waals surface area contributed by atoms with Crippen molar-refractivity contribution < 1.29 is 4.79 Å². The second kappa shape index (κ2) is 6.79. The van der Waals surface area contributed by atoms with Crippen molar-refractivity contribution in [3.8, 4) is 0 Å². The van der Waals surface area contributed by atoms with E-state index in [1.54, 1.807) is 11.3 Å². The Hall–Kier alpha value is -2.07. The van der Waals surface area contributed by atoms with Crippen molar-refractivity contribution in [1.82, 2.24) is 10.3 Å². The van der Waals surface area contributed by atoms with Gasteiger partial charge in [-0.25, -0.2) is 0 Å². The number of hydrogen-bond acceptors (Lipinski definition) is 2. The minimum atomic E-state index is 0.116. The van der Waals surface area contributed by atoms with Crippen LogP contribution in [0.25, 0.3) is 10.9 Å². The molecule has 114 valence electrons. The van der Waals surface area contributed by atoms with Crippen molar-refractivity contribution in [2.45, 2.75) is 32.2 Å². The number of aromatic nitrogens is 1. The maximum absolute atomic E-state index is 12.2. The van der Waals surface area contributed by atoms with Crippen molar-refractivity contribution in [2.24, 2.45) is 0 Å². The molecule has 1 atom stereocenters.